The van der Waals surface area contributed by atoms with Crippen molar-refractivity contribution in [3.63, 3.8) is 0 Å². The van der Waals surface area contributed by atoms with Crippen LogP contribution in [0.25, 0.3) is 0 Å². The molecule has 0 saturated carbocycles. The largest absolute Gasteiger partial charge is 0.481 e. The zero-order valence-electron chi connectivity index (χ0n) is 6.52. The zero-order valence-corrected chi connectivity index (χ0v) is 7.34. The van der Waals surface area contributed by atoms with E-state index < -0.39 is 24.5 Å². The number of ether oxygens (including phenoxy) is 1. The Labute approximate surface area is 75.7 Å². The van der Waals surface area contributed by atoms with Crippen molar-refractivity contribution in [3.8, 4) is 0 Å². The van der Waals surface area contributed by atoms with E-state index >= 15 is 0 Å². The summed E-state index contributed by atoms with van der Waals surface area (Å²) in [5.41, 5.74) is 0. The number of rotatable bonds is 4. The van der Waals surface area contributed by atoms with Crippen LogP contribution in [0.4, 0.5) is 0 Å². The number of hydrogen-bond acceptors (Lipinski definition) is 4. The molecule has 1 atom stereocenters. The number of carboxylic acids is 1. The monoisotopic (exact) mass is 198 g/mol. The minimum atomic E-state index is -1.55. The smallest absolute Gasteiger partial charge is 0.335 e. The first-order valence-corrected chi connectivity index (χ1v) is 3.14. The van der Waals surface area contributed by atoms with E-state index in [-0.39, 0.29) is 19.0 Å². The van der Waals surface area contributed by atoms with E-state index in [0.29, 0.717) is 0 Å². The molecular weight excluding hydrogens is 188 g/mol. The fourth-order valence-corrected chi connectivity index (χ4v) is 0.487. The van der Waals surface area contributed by atoms with Gasteiger partial charge in [-0.05, 0) is 6.92 Å². The van der Waals surface area contributed by atoms with E-state index in [1.165, 1.54) is 0 Å². The van der Waals surface area contributed by atoms with Gasteiger partial charge in [-0.1, -0.05) is 0 Å². The van der Waals surface area contributed by atoms with E-state index in [1.54, 1.807) is 6.92 Å². The summed E-state index contributed by atoms with van der Waals surface area (Å²) in [7, 11) is 0. The Kier molecular flexibility index (Phi) is 7.88. The number of hydrogen-bond donors (Lipinski definition) is 2. The van der Waals surface area contributed by atoms with Gasteiger partial charge in [0.05, 0.1) is 13.0 Å². The van der Waals surface area contributed by atoms with Crippen molar-refractivity contribution in [2.24, 2.45) is 0 Å². The Hall–Kier alpha value is -0.810. The van der Waals surface area contributed by atoms with E-state index in [2.05, 4.69) is 4.74 Å². The van der Waals surface area contributed by atoms with Gasteiger partial charge >= 0.3 is 11.9 Å². The standard InChI is InChI=1S/C6H10O5.ClH/c1-2-11-6(10)4(7)3-5(8)9;/h4,7H,2-3H2,1H3,(H,8,9);1H. The van der Waals surface area contributed by atoms with E-state index in [1.807, 2.05) is 0 Å². The van der Waals surface area contributed by atoms with Gasteiger partial charge in [-0.15, -0.1) is 12.4 Å². The predicted octanol–water partition coefficient (Wildman–Crippen LogP) is -0.193. The molecular formula is C6H11ClO5. The van der Waals surface area contributed by atoms with Crippen LogP contribution in [0.1, 0.15) is 13.3 Å². The zero-order chi connectivity index (χ0) is 8.85. The Balaban J connectivity index is 0. The average Bonchev–Trinajstić information content (AvgIpc) is 1.86. The fraction of sp³-hybridized carbons (Fsp3) is 0.667. The van der Waals surface area contributed by atoms with Gasteiger partial charge in [-0.25, -0.2) is 4.79 Å². The lowest BCUT2D eigenvalue weighted by molar-refractivity contribution is -0.157. The van der Waals surface area contributed by atoms with Gasteiger partial charge in [0.2, 0.25) is 0 Å². The molecule has 6 heteroatoms. The molecule has 0 aliphatic rings. The van der Waals surface area contributed by atoms with Crippen LogP contribution in [-0.4, -0.2) is 34.9 Å². The summed E-state index contributed by atoms with van der Waals surface area (Å²) in [4.78, 5) is 20.5. The summed E-state index contributed by atoms with van der Waals surface area (Å²) in [5, 5.41) is 16.9. The Morgan fingerprint density at radius 3 is 2.33 bits per heavy atom. The second-order valence-electron chi connectivity index (χ2n) is 1.87. The number of esters is 1. The van der Waals surface area contributed by atoms with Crippen molar-refractivity contribution in [3.05, 3.63) is 0 Å². The van der Waals surface area contributed by atoms with Crippen LogP contribution in [0.15, 0.2) is 0 Å². The molecule has 0 aromatic rings. The van der Waals surface area contributed by atoms with Crippen LogP contribution in [0, 0.1) is 0 Å². The van der Waals surface area contributed by atoms with E-state index in [4.69, 9.17) is 10.2 Å². The maximum atomic E-state index is 10.5. The van der Waals surface area contributed by atoms with Gasteiger partial charge in [-0.2, -0.15) is 0 Å². The summed E-state index contributed by atoms with van der Waals surface area (Å²) in [6.45, 7) is 1.71. The van der Waals surface area contributed by atoms with Gasteiger partial charge in [0.1, 0.15) is 0 Å². The molecule has 0 aromatic carbocycles. The molecule has 72 valence electrons. The fourth-order valence-electron chi connectivity index (χ4n) is 0.487. The number of carbonyl (C=O) groups is 2. The topological polar surface area (TPSA) is 83.8 Å². The highest BCUT2D eigenvalue weighted by Gasteiger charge is 2.18. The molecule has 5 nitrogen and oxygen atoms in total. The molecule has 12 heavy (non-hydrogen) atoms. The summed E-state index contributed by atoms with van der Waals surface area (Å²) >= 11 is 0. The molecule has 0 fully saturated rings. The molecule has 0 aliphatic carbocycles. The molecule has 2 N–H and O–H groups in total. The van der Waals surface area contributed by atoms with Crippen molar-refractivity contribution in [2.45, 2.75) is 19.4 Å². The molecule has 0 heterocycles. The Bertz CT molecular complexity index is 158. The number of carboxylic acid groups (broad SMARTS) is 1. The highest BCUT2D eigenvalue weighted by Crippen LogP contribution is 1.94. The van der Waals surface area contributed by atoms with Crippen LogP contribution >= 0.6 is 12.4 Å². The minimum Gasteiger partial charge on any atom is -0.481 e. The average molecular weight is 199 g/mol. The van der Waals surface area contributed by atoms with Crippen LogP contribution in [0.5, 0.6) is 0 Å². The lowest BCUT2D eigenvalue weighted by Crippen LogP contribution is -2.25. The molecule has 0 rings (SSSR count). The highest BCUT2D eigenvalue weighted by molar-refractivity contribution is 5.85. The van der Waals surface area contributed by atoms with Gasteiger partial charge in [0.25, 0.3) is 0 Å². The van der Waals surface area contributed by atoms with Gasteiger partial charge in [0.15, 0.2) is 6.10 Å². The van der Waals surface area contributed by atoms with Crippen molar-refractivity contribution >= 4 is 24.3 Å². The third kappa shape index (κ3) is 5.94. The minimum absolute atomic E-state index is 0. The molecule has 0 saturated heterocycles. The third-order valence-electron chi connectivity index (χ3n) is 0.927. The van der Waals surface area contributed by atoms with Crippen LogP contribution in [-0.2, 0) is 14.3 Å². The Morgan fingerprint density at radius 2 is 2.00 bits per heavy atom. The molecule has 0 radical (unpaired) electrons. The molecule has 0 amide bonds. The molecule has 1 unspecified atom stereocenters. The maximum absolute atomic E-state index is 10.5. The summed E-state index contributed by atoms with van der Waals surface area (Å²) in [5.74, 6) is -2.12. The SMILES string of the molecule is CCOC(=O)C(O)CC(=O)O.Cl. The van der Waals surface area contributed by atoms with E-state index in [9.17, 15) is 9.59 Å². The van der Waals surface area contributed by atoms with Crippen molar-refractivity contribution in [2.75, 3.05) is 6.61 Å². The second kappa shape index (κ2) is 6.87. The number of carbonyl (C=O) groups excluding carboxylic acids is 1. The lowest BCUT2D eigenvalue weighted by Gasteiger charge is -2.05. The summed E-state index contributed by atoms with van der Waals surface area (Å²) in [6.07, 6.45) is -2.16. The quantitative estimate of drug-likeness (QED) is 0.612. The maximum Gasteiger partial charge on any atom is 0.335 e. The number of aliphatic hydroxyl groups excluding tert-OH is 1. The van der Waals surface area contributed by atoms with Gasteiger partial charge in [0, 0.05) is 0 Å². The summed E-state index contributed by atoms with van der Waals surface area (Å²) < 4.78 is 4.35. The van der Waals surface area contributed by atoms with Crippen molar-refractivity contribution in [1.29, 1.82) is 0 Å². The highest BCUT2D eigenvalue weighted by atomic mass is 35.5. The van der Waals surface area contributed by atoms with Gasteiger partial charge < -0.3 is 14.9 Å². The normalized spacial score (nSPS) is 11.2. The summed E-state index contributed by atoms with van der Waals surface area (Å²) in [6, 6.07) is 0. The number of aliphatic carboxylic acids is 1. The van der Waals surface area contributed by atoms with Crippen LogP contribution in [0.2, 0.25) is 0 Å². The lowest BCUT2D eigenvalue weighted by atomic mass is 10.2. The first-order chi connectivity index (χ1) is 5.07. The Morgan fingerprint density at radius 1 is 1.50 bits per heavy atom. The first-order valence-electron chi connectivity index (χ1n) is 3.14. The van der Waals surface area contributed by atoms with Gasteiger partial charge in [-0.3, -0.25) is 4.79 Å². The first kappa shape index (κ1) is 13.8. The molecule has 0 aliphatic heterocycles. The van der Waals surface area contributed by atoms with Crippen LogP contribution in [0.3, 0.4) is 0 Å². The number of aliphatic hydroxyl groups is 1. The van der Waals surface area contributed by atoms with Crippen molar-refractivity contribution < 1.29 is 24.5 Å². The predicted molar refractivity (Wildman–Crippen MR) is 42.1 cm³/mol. The molecule has 0 spiro atoms. The van der Waals surface area contributed by atoms with Crippen LogP contribution < -0.4 is 0 Å². The molecule has 0 aromatic heterocycles. The number of halogens is 1. The third-order valence-corrected chi connectivity index (χ3v) is 0.927. The second-order valence-corrected chi connectivity index (χ2v) is 1.87. The molecule has 0 bridgehead atoms. The van der Waals surface area contributed by atoms with Crippen molar-refractivity contribution in [1.82, 2.24) is 0 Å². The van der Waals surface area contributed by atoms with E-state index in [0.717, 1.165) is 0 Å².